The number of benzene rings is 1. The molecule has 25 heavy (non-hydrogen) atoms. The molecule has 0 saturated carbocycles. The lowest BCUT2D eigenvalue weighted by Gasteiger charge is -2.34. The number of rotatable bonds is 6. The number of nitrogens with zero attached hydrogens (tertiary/aromatic N) is 2. The molecule has 0 radical (unpaired) electrons. The zero-order chi connectivity index (χ0) is 17.6. The molecule has 2 heterocycles. The smallest absolute Gasteiger partial charge is 0.234 e. The minimum absolute atomic E-state index is 0.0519. The number of carbonyl (C=O) groups excluding carboxylic acids is 1. The van der Waals surface area contributed by atoms with Crippen molar-refractivity contribution >= 4 is 5.91 Å². The van der Waals surface area contributed by atoms with Crippen molar-refractivity contribution in [2.45, 2.75) is 26.4 Å². The third-order valence-corrected chi connectivity index (χ3v) is 4.67. The summed E-state index contributed by atoms with van der Waals surface area (Å²) in [6.45, 7) is 9.34. The molecule has 1 N–H and O–H groups in total. The van der Waals surface area contributed by atoms with Crippen molar-refractivity contribution < 1.29 is 9.21 Å². The second-order valence-corrected chi connectivity index (χ2v) is 6.85. The fourth-order valence-corrected chi connectivity index (χ4v) is 3.27. The fourth-order valence-electron chi connectivity index (χ4n) is 3.27. The van der Waals surface area contributed by atoms with E-state index in [2.05, 4.69) is 46.3 Å². The van der Waals surface area contributed by atoms with Crippen molar-refractivity contribution in [3.8, 4) is 0 Å². The van der Waals surface area contributed by atoms with E-state index in [-0.39, 0.29) is 11.9 Å². The van der Waals surface area contributed by atoms with E-state index in [1.165, 1.54) is 11.1 Å². The van der Waals surface area contributed by atoms with Crippen LogP contribution in [-0.4, -0.2) is 48.4 Å². The number of nitrogens with one attached hydrogen (secondary N) is 1. The van der Waals surface area contributed by atoms with Gasteiger partial charge in [-0.2, -0.15) is 0 Å². The van der Waals surface area contributed by atoms with Crippen molar-refractivity contribution in [1.82, 2.24) is 15.1 Å². The van der Waals surface area contributed by atoms with E-state index >= 15 is 0 Å². The molecule has 1 fully saturated rings. The Morgan fingerprint density at radius 1 is 1.16 bits per heavy atom. The van der Waals surface area contributed by atoms with Gasteiger partial charge in [-0.05, 0) is 31.5 Å². The number of carbonyl (C=O) groups is 1. The summed E-state index contributed by atoms with van der Waals surface area (Å²) in [5.41, 5.74) is 2.66. The standard InChI is InChI=1S/C20H27N3O2/c1-16-5-3-6-18(13-16)14-22-8-10-23(11-9-22)15-20(24)21-17(2)19-7-4-12-25-19/h3-7,12-13,17H,8-11,14-15H2,1-2H3,(H,21,24). The second kappa shape index (κ2) is 8.32. The third kappa shape index (κ3) is 5.18. The van der Waals surface area contributed by atoms with Crippen molar-refractivity contribution in [2.75, 3.05) is 32.7 Å². The average Bonchev–Trinajstić information content (AvgIpc) is 3.11. The zero-order valence-electron chi connectivity index (χ0n) is 15.1. The van der Waals surface area contributed by atoms with Gasteiger partial charge in [0.25, 0.3) is 0 Å². The zero-order valence-corrected chi connectivity index (χ0v) is 15.1. The Kier molecular flexibility index (Phi) is 5.89. The van der Waals surface area contributed by atoms with Gasteiger partial charge in [-0.1, -0.05) is 29.8 Å². The average molecular weight is 341 g/mol. The molecular weight excluding hydrogens is 314 g/mol. The molecule has 1 aromatic carbocycles. The molecule has 0 spiro atoms. The van der Waals surface area contributed by atoms with Gasteiger partial charge < -0.3 is 9.73 Å². The van der Waals surface area contributed by atoms with Crippen molar-refractivity contribution in [3.05, 3.63) is 59.5 Å². The van der Waals surface area contributed by atoms with Crippen molar-refractivity contribution in [2.24, 2.45) is 0 Å². The summed E-state index contributed by atoms with van der Waals surface area (Å²) in [4.78, 5) is 16.9. The van der Waals surface area contributed by atoms with Crippen molar-refractivity contribution in [1.29, 1.82) is 0 Å². The van der Waals surface area contributed by atoms with Crippen LogP contribution in [0.15, 0.2) is 47.1 Å². The number of piperazine rings is 1. The molecule has 0 bridgehead atoms. The van der Waals surface area contributed by atoms with Crippen LogP contribution in [0.2, 0.25) is 0 Å². The van der Waals surface area contributed by atoms with Crippen LogP contribution in [0.4, 0.5) is 0 Å². The monoisotopic (exact) mass is 341 g/mol. The maximum absolute atomic E-state index is 12.2. The number of hydrogen-bond donors (Lipinski definition) is 1. The minimum Gasteiger partial charge on any atom is -0.467 e. The summed E-state index contributed by atoms with van der Waals surface area (Å²) in [5.74, 6) is 0.840. The molecule has 1 aliphatic heterocycles. The SMILES string of the molecule is Cc1cccc(CN2CCN(CC(=O)NC(C)c3ccco3)CC2)c1. The summed E-state index contributed by atoms with van der Waals surface area (Å²) in [5, 5.41) is 3.00. The van der Waals surface area contributed by atoms with Crippen molar-refractivity contribution in [3.63, 3.8) is 0 Å². The summed E-state index contributed by atoms with van der Waals surface area (Å²) in [6.07, 6.45) is 1.63. The number of amides is 1. The molecule has 2 aromatic rings. The molecule has 1 unspecified atom stereocenters. The summed E-state index contributed by atoms with van der Waals surface area (Å²) in [6, 6.07) is 12.3. The molecule has 134 valence electrons. The second-order valence-electron chi connectivity index (χ2n) is 6.85. The molecule has 3 rings (SSSR count). The first-order valence-electron chi connectivity index (χ1n) is 8.93. The quantitative estimate of drug-likeness (QED) is 0.877. The maximum Gasteiger partial charge on any atom is 0.234 e. The predicted octanol–water partition coefficient (Wildman–Crippen LogP) is 2.58. The van der Waals surface area contributed by atoms with E-state index < -0.39 is 0 Å². The number of furan rings is 1. The Bertz CT molecular complexity index is 676. The van der Waals surface area contributed by atoms with Crippen LogP contribution in [-0.2, 0) is 11.3 Å². The maximum atomic E-state index is 12.2. The lowest BCUT2D eigenvalue weighted by molar-refractivity contribution is -0.123. The topological polar surface area (TPSA) is 48.7 Å². The van der Waals surface area contributed by atoms with E-state index in [1.54, 1.807) is 6.26 Å². The van der Waals surface area contributed by atoms with E-state index in [1.807, 2.05) is 19.1 Å². The van der Waals surface area contributed by atoms with Crippen LogP contribution >= 0.6 is 0 Å². The third-order valence-electron chi connectivity index (χ3n) is 4.67. The van der Waals surface area contributed by atoms with Crippen LogP contribution in [0.25, 0.3) is 0 Å². The van der Waals surface area contributed by atoms with E-state index in [0.717, 1.165) is 38.5 Å². The first-order valence-corrected chi connectivity index (χ1v) is 8.93. The van der Waals surface area contributed by atoms with Gasteiger partial charge in [0.05, 0.1) is 18.8 Å². The molecule has 5 heteroatoms. The molecule has 1 aliphatic rings. The number of hydrogen-bond acceptors (Lipinski definition) is 4. The van der Waals surface area contributed by atoms with Gasteiger partial charge in [0.1, 0.15) is 5.76 Å². The summed E-state index contributed by atoms with van der Waals surface area (Å²) in [7, 11) is 0. The Hall–Kier alpha value is -2.11. The Labute approximate surface area is 149 Å². The highest BCUT2D eigenvalue weighted by Crippen LogP contribution is 2.13. The van der Waals surface area contributed by atoms with Crippen LogP contribution < -0.4 is 5.32 Å². The van der Waals surface area contributed by atoms with Crippen LogP contribution in [0.1, 0.15) is 29.9 Å². The minimum atomic E-state index is -0.0925. The molecular formula is C20H27N3O2. The lowest BCUT2D eigenvalue weighted by Crippen LogP contribution is -2.49. The van der Waals surface area contributed by atoms with E-state index in [9.17, 15) is 4.79 Å². The molecule has 1 amide bonds. The van der Waals surface area contributed by atoms with Gasteiger partial charge in [0.15, 0.2) is 0 Å². The van der Waals surface area contributed by atoms with Gasteiger partial charge >= 0.3 is 0 Å². The molecule has 1 aromatic heterocycles. The van der Waals surface area contributed by atoms with Gasteiger partial charge in [-0.15, -0.1) is 0 Å². The first-order chi connectivity index (χ1) is 12.1. The summed E-state index contributed by atoms with van der Waals surface area (Å²) >= 11 is 0. The molecule has 1 atom stereocenters. The fraction of sp³-hybridized carbons (Fsp3) is 0.450. The first kappa shape index (κ1) is 17.7. The van der Waals surface area contributed by atoms with Gasteiger partial charge in [-0.25, -0.2) is 0 Å². The lowest BCUT2D eigenvalue weighted by atomic mass is 10.1. The van der Waals surface area contributed by atoms with Crippen LogP contribution in [0.5, 0.6) is 0 Å². The van der Waals surface area contributed by atoms with Gasteiger partial charge in [0, 0.05) is 32.7 Å². The highest BCUT2D eigenvalue weighted by atomic mass is 16.3. The highest BCUT2D eigenvalue weighted by Gasteiger charge is 2.20. The highest BCUT2D eigenvalue weighted by molar-refractivity contribution is 5.78. The van der Waals surface area contributed by atoms with E-state index in [4.69, 9.17) is 4.42 Å². The molecule has 5 nitrogen and oxygen atoms in total. The van der Waals surface area contributed by atoms with Gasteiger partial charge in [-0.3, -0.25) is 14.6 Å². The van der Waals surface area contributed by atoms with Crippen LogP contribution in [0, 0.1) is 6.92 Å². The van der Waals surface area contributed by atoms with Gasteiger partial charge in [0.2, 0.25) is 5.91 Å². The number of aryl methyl sites for hydroxylation is 1. The predicted molar refractivity (Wildman–Crippen MR) is 98.2 cm³/mol. The largest absolute Gasteiger partial charge is 0.467 e. The van der Waals surface area contributed by atoms with Crippen LogP contribution in [0.3, 0.4) is 0 Å². The Balaban J connectivity index is 1.41. The Morgan fingerprint density at radius 2 is 1.92 bits per heavy atom. The Morgan fingerprint density at radius 3 is 2.60 bits per heavy atom. The normalized spacial score (nSPS) is 17.4. The molecule has 0 aliphatic carbocycles. The molecule has 1 saturated heterocycles. The summed E-state index contributed by atoms with van der Waals surface area (Å²) < 4.78 is 5.33. The van der Waals surface area contributed by atoms with E-state index in [0.29, 0.717) is 6.54 Å².